The average Bonchev–Trinajstić information content (AvgIpc) is 2.43. The first-order valence-corrected chi connectivity index (χ1v) is 9.66. The zero-order valence-electron chi connectivity index (χ0n) is 13.5. The third-order valence-corrected chi connectivity index (χ3v) is 4.02. The molecule has 124 valence electrons. The molecule has 0 radical (unpaired) electrons. The topological polar surface area (TPSA) is 63.6 Å². The molecule has 1 unspecified atom stereocenters. The Kier molecular flexibility index (Phi) is 15.6. The first-order valence-electron chi connectivity index (χ1n) is 8.53. The van der Waals surface area contributed by atoms with Crippen LogP contribution in [0.25, 0.3) is 0 Å². The van der Waals surface area contributed by atoms with Gasteiger partial charge >= 0.3 is 14.2 Å². The fourth-order valence-electron chi connectivity index (χ4n) is 2.42. The van der Waals surface area contributed by atoms with Gasteiger partial charge in [0.2, 0.25) is 0 Å². The Balaban J connectivity index is 3.09. The summed E-state index contributed by atoms with van der Waals surface area (Å²) in [5.74, 6) is -0.568. The fourth-order valence-corrected chi connectivity index (χ4v) is 2.69. The lowest BCUT2D eigenvalue weighted by Gasteiger charge is -2.02. The molecular formula is C16H32O4P+. The SMILES string of the molecule is CCCCCCCCCCCCCCCC(=O)O[P+](=O)O. The van der Waals surface area contributed by atoms with Gasteiger partial charge in [-0.3, -0.25) is 0 Å². The molecule has 0 aliphatic rings. The van der Waals surface area contributed by atoms with Crippen molar-refractivity contribution in [3.8, 4) is 0 Å². The molecule has 0 aromatic carbocycles. The average molecular weight is 319 g/mol. The molecule has 0 heterocycles. The Morgan fingerprint density at radius 3 is 1.57 bits per heavy atom. The summed E-state index contributed by atoms with van der Waals surface area (Å²) in [4.78, 5) is 19.4. The van der Waals surface area contributed by atoms with Gasteiger partial charge in [0.05, 0.1) is 6.42 Å². The van der Waals surface area contributed by atoms with E-state index in [0.717, 1.165) is 19.3 Å². The molecule has 0 aliphatic carbocycles. The molecule has 4 nitrogen and oxygen atoms in total. The van der Waals surface area contributed by atoms with Crippen molar-refractivity contribution in [2.45, 2.75) is 96.8 Å². The molecule has 0 aromatic rings. The summed E-state index contributed by atoms with van der Waals surface area (Å²) in [5, 5.41) is 0. The van der Waals surface area contributed by atoms with Crippen LogP contribution in [0.15, 0.2) is 0 Å². The normalized spacial score (nSPS) is 11.4. The largest absolute Gasteiger partial charge is 0.750 e. The second kappa shape index (κ2) is 15.9. The number of hydrogen-bond acceptors (Lipinski definition) is 3. The van der Waals surface area contributed by atoms with Gasteiger partial charge in [0.25, 0.3) is 0 Å². The number of hydrogen-bond donors (Lipinski definition) is 1. The van der Waals surface area contributed by atoms with Crippen LogP contribution in [-0.4, -0.2) is 10.9 Å². The number of unbranched alkanes of at least 4 members (excludes halogenated alkanes) is 12. The van der Waals surface area contributed by atoms with E-state index in [1.807, 2.05) is 0 Å². The van der Waals surface area contributed by atoms with Crippen LogP contribution in [0.5, 0.6) is 0 Å². The lowest BCUT2D eigenvalue weighted by Crippen LogP contribution is -1.97. The van der Waals surface area contributed by atoms with Crippen LogP contribution in [-0.2, 0) is 13.9 Å². The van der Waals surface area contributed by atoms with E-state index in [2.05, 4.69) is 11.4 Å². The second-order valence-electron chi connectivity index (χ2n) is 5.69. The van der Waals surface area contributed by atoms with E-state index in [-0.39, 0.29) is 6.42 Å². The highest BCUT2D eigenvalue weighted by atomic mass is 31.1. The lowest BCUT2D eigenvalue weighted by molar-refractivity contribution is -0.134. The van der Waals surface area contributed by atoms with E-state index in [0.29, 0.717) is 0 Å². The molecule has 0 aliphatic heterocycles. The molecule has 0 spiro atoms. The van der Waals surface area contributed by atoms with Crippen LogP contribution in [0.4, 0.5) is 0 Å². The Morgan fingerprint density at radius 2 is 1.19 bits per heavy atom. The lowest BCUT2D eigenvalue weighted by atomic mass is 10.0. The molecule has 1 atom stereocenters. The van der Waals surface area contributed by atoms with Crippen LogP contribution >= 0.6 is 8.25 Å². The molecule has 0 bridgehead atoms. The van der Waals surface area contributed by atoms with E-state index >= 15 is 0 Å². The molecule has 1 N–H and O–H groups in total. The van der Waals surface area contributed by atoms with Gasteiger partial charge in [0, 0.05) is 4.57 Å². The van der Waals surface area contributed by atoms with Gasteiger partial charge in [-0.1, -0.05) is 84.0 Å². The van der Waals surface area contributed by atoms with Crippen molar-refractivity contribution in [2.75, 3.05) is 0 Å². The molecule has 21 heavy (non-hydrogen) atoms. The van der Waals surface area contributed by atoms with Crippen LogP contribution in [0, 0.1) is 0 Å². The summed E-state index contributed by atoms with van der Waals surface area (Å²) in [6.45, 7) is 2.25. The monoisotopic (exact) mass is 319 g/mol. The van der Waals surface area contributed by atoms with Crippen molar-refractivity contribution in [3.05, 3.63) is 0 Å². The van der Waals surface area contributed by atoms with Gasteiger partial charge in [0.15, 0.2) is 0 Å². The second-order valence-corrected chi connectivity index (χ2v) is 6.35. The molecule has 0 amide bonds. The van der Waals surface area contributed by atoms with E-state index in [4.69, 9.17) is 4.89 Å². The van der Waals surface area contributed by atoms with E-state index in [1.165, 1.54) is 64.2 Å². The highest BCUT2D eigenvalue weighted by Crippen LogP contribution is 2.17. The smallest absolute Gasteiger partial charge is 0.247 e. The minimum Gasteiger partial charge on any atom is -0.247 e. The Hall–Kier alpha value is -0.470. The van der Waals surface area contributed by atoms with Gasteiger partial charge in [0.1, 0.15) is 0 Å². The minimum atomic E-state index is -2.78. The highest BCUT2D eigenvalue weighted by Gasteiger charge is 2.19. The molecule has 0 rings (SSSR count). The number of rotatable bonds is 15. The third-order valence-electron chi connectivity index (χ3n) is 3.66. The number of carbonyl (C=O) groups is 1. The maximum absolute atomic E-state index is 11.0. The Bertz CT molecular complexity index is 269. The molecular weight excluding hydrogens is 287 g/mol. The zero-order chi connectivity index (χ0) is 15.8. The van der Waals surface area contributed by atoms with Gasteiger partial charge in [-0.25, -0.2) is 4.79 Å². The van der Waals surface area contributed by atoms with Crippen LogP contribution in [0.2, 0.25) is 0 Å². The number of carbonyl (C=O) groups excluding carboxylic acids is 1. The molecule has 0 fully saturated rings. The van der Waals surface area contributed by atoms with Gasteiger partial charge in [-0.05, 0) is 6.42 Å². The van der Waals surface area contributed by atoms with E-state index in [1.54, 1.807) is 0 Å². The van der Waals surface area contributed by atoms with Crippen LogP contribution in [0.3, 0.4) is 0 Å². The van der Waals surface area contributed by atoms with Gasteiger partial charge in [-0.15, -0.1) is 4.89 Å². The summed E-state index contributed by atoms with van der Waals surface area (Å²) in [7, 11) is -2.78. The minimum absolute atomic E-state index is 0.249. The quantitative estimate of drug-likeness (QED) is 0.312. The predicted molar refractivity (Wildman–Crippen MR) is 86.2 cm³/mol. The first-order chi connectivity index (χ1) is 10.2. The van der Waals surface area contributed by atoms with Gasteiger partial charge < -0.3 is 0 Å². The maximum Gasteiger partial charge on any atom is 0.750 e. The molecule has 0 saturated carbocycles. The summed E-state index contributed by atoms with van der Waals surface area (Å²) < 4.78 is 14.4. The summed E-state index contributed by atoms with van der Waals surface area (Å²) in [5.41, 5.74) is 0. The van der Waals surface area contributed by atoms with Crippen molar-refractivity contribution in [1.82, 2.24) is 0 Å². The highest BCUT2D eigenvalue weighted by molar-refractivity contribution is 7.32. The van der Waals surface area contributed by atoms with Gasteiger partial charge in [-0.2, -0.15) is 4.52 Å². The summed E-state index contributed by atoms with van der Waals surface area (Å²) in [6, 6.07) is 0. The molecule has 5 heteroatoms. The standard InChI is InChI=1S/C16H31O4P/c1-2-3-4-5-6-7-8-9-10-11-12-13-14-15-16(17)20-21(18)19/h2-15H2,1H3/p+1. The van der Waals surface area contributed by atoms with Crippen molar-refractivity contribution in [3.63, 3.8) is 0 Å². The fraction of sp³-hybridized carbons (Fsp3) is 0.938. The maximum atomic E-state index is 11.0. The first kappa shape index (κ1) is 20.5. The van der Waals surface area contributed by atoms with E-state index in [9.17, 15) is 9.36 Å². The zero-order valence-corrected chi connectivity index (χ0v) is 14.4. The summed E-state index contributed by atoms with van der Waals surface area (Å²) in [6.07, 6.45) is 16.5. The van der Waals surface area contributed by atoms with Crippen molar-refractivity contribution >= 4 is 14.2 Å². The molecule has 0 saturated heterocycles. The van der Waals surface area contributed by atoms with E-state index < -0.39 is 14.2 Å². The van der Waals surface area contributed by atoms with Crippen molar-refractivity contribution in [1.29, 1.82) is 0 Å². The Morgan fingerprint density at radius 1 is 0.810 bits per heavy atom. The van der Waals surface area contributed by atoms with Crippen LogP contribution in [0.1, 0.15) is 96.8 Å². The summed E-state index contributed by atoms with van der Waals surface area (Å²) >= 11 is 0. The van der Waals surface area contributed by atoms with Crippen LogP contribution < -0.4 is 0 Å². The van der Waals surface area contributed by atoms with Crippen molar-refractivity contribution < 1.29 is 18.8 Å². The van der Waals surface area contributed by atoms with Crippen molar-refractivity contribution in [2.24, 2.45) is 0 Å². The Labute approximate surface area is 130 Å². The third kappa shape index (κ3) is 17.5. The predicted octanol–water partition coefficient (Wildman–Crippen LogP) is 5.66. The molecule has 0 aromatic heterocycles.